The van der Waals surface area contributed by atoms with Crippen LogP contribution in [0.25, 0.3) is 0 Å². The Balaban J connectivity index is 0.00000484. The van der Waals surface area contributed by atoms with Gasteiger partial charge in [0.25, 0.3) is 0 Å². The molecule has 0 saturated carbocycles. The van der Waals surface area contributed by atoms with Gasteiger partial charge < -0.3 is 16.0 Å². The lowest BCUT2D eigenvalue weighted by atomic mass is 10.1. The Morgan fingerprint density at radius 3 is 2.30 bits per heavy atom. The van der Waals surface area contributed by atoms with Crippen molar-refractivity contribution in [2.24, 2.45) is 12.0 Å². The normalized spacial score (nSPS) is 12.0. The number of hydrogen-bond donors (Lipinski definition) is 3. The van der Waals surface area contributed by atoms with E-state index in [2.05, 4.69) is 60.7 Å². The Bertz CT molecular complexity index is 501. The van der Waals surface area contributed by atoms with Crippen LogP contribution in [0.5, 0.6) is 0 Å². The molecule has 1 aromatic heterocycles. The molecule has 134 valence electrons. The average molecular weight is 436 g/mol. The molecule has 23 heavy (non-hydrogen) atoms. The van der Waals surface area contributed by atoms with Gasteiger partial charge in [0.1, 0.15) is 0 Å². The number of aliphatic imine (C=N–C) groups is 1. The Morgan fingerprint density at radius 2 is 1.83 bits per heavy atom. The van der Waals surface area contributed by atoms with Gasteiger partial charge in [-0.1, -0.05) is 0 Å². The maximum absolute atomic E-state index is 4.67. The van der Waals surface area contributed by atoms with Gasteiger partial charge in [0, 0.05) is 43.5 Å². The molecule has 0 radical (unpaired) electrons. The summed E-state index contributed by atoms with van der Waals surface area (Å²) in [5.74, 6) is 0.848. The fourth-order valence-corrected chi connectivity index (χ4v) is 2.16. The van der Waals surface area contributed by atoms with Crippen LogP contribution in [-0.4, -0.2) is 40.9 Å². The van der Waals surface area contributed by atoms with Gasteiger partial charge in [-0.25, -0.2) is 4.99 Å². The number of nitrogens with one attached hydrogen (secondary N) is 3. The van der Waals surface area contributed by atoms with Crippen LogP contribution in [0.4, 0.5) is 0 Å². The minimum absolute atomic E-state index is 0. The second kappa shape index (κ2) is 10.1. The zero-order valence-electron chi connectivity index (χ0n) is 15.6. The SMILES string of the molecule is CCNC(=NCc1c(C)nn(C)c1C)NCCNC(C)(C)C.I. The summed E-state index contributed by atoms with van der Waals surface area (Å²) in [5, 5.41) is 14.5. The minimum Gasteiger partial charge on any atom is -0.357 e. The standard InChI is InChI=1S/C16H32N6.HI/c1-8-17-15(18-9-10-20-16(4,5)6)19-11-14-12(2)21-22(7)13(14)3;/h20H,8-11H2,1-7H3,(H2,17,18,19);1H. The monoisotopic (exact) mass is 436 g/mol. The molecule has 0 aromatic carbocycles. The summed E-state index contributed by atoms with van der Waals surface area (Å²) in [6.07, 6.45) is 0. The predicted octanol–water partition coefficient (Wildman–Crippen LogP) is 2.10. The van der Waals surface area contributed by atoms with Crippen LogP contribution in [0.1, 0.15) is 44.6 Å². The Hall–Kier alpha value is -0.830. The van der Waals surface area contributed by atoms with Crippen LogP contribution < -0.4 is 16.0 Å². The molecule has 0 aliphatic heterocycles. The molecule has 1 rings (SSSR count). The van der Waals surface area contributed by atoms with Gasteiger partial charge in [0.15, 0.2) is 5.96 Å². The third kappa shape index (κ3) is 8.01. The van der Waals surface area contributed by atoms with Gasteiger partial charge >= 0.3 is 0 Å². The summed E-state index contributed by atoms with van der Waals surface area (Å²) in [6.45, 7) is 15.9. The number of halogens is 1. The maximum atomic E-state index is 4.67. The van der Waals surface area contributed by atoms with Crippen molar-refractivity contribution in [1.29, 1.82) is 0 Å². The molecular formula is C16H33IN6. The lowest BCUT2D eigenvalue weighted by Gasteiger charge is -2.21. The van der Waals surface area contributed by atoms with E-state index in [0.717, 1.165) is 31.3 Å². The molecule has 3 N–H and O–H groups in total. The van der Waals surface area contributed by atoms with E-state index in [1.54, 1.807) is 0 Å². The van der Waals surface area contributed by atoms with E-state index in [-0.39, 0.29) is 29.5 Å². The summed E-state index contributed by atoms with van der Waals surface area (Å²) in [7, 11) is 1.97. The van der Waals surface area contributed by atoms with Crippen LogP contribution >= 0.6 is 24.0 Å². The molecular weight excluding hydrogens is 403 g/mol. The third-order valence-corrected chi connectivity index (χ3v) is 3.47. The van der Waals surface area contributed by atoms with Crippen LogP contribution in [0.15, 0.2) is 4.99 Å². The zero-order valence-corrected chi connectivity index (χ0v) is 17.9. The van der Waals surface area contributed by atoms with E-state index in [9.17, 15) is 0 Å². The maximum Gasteiger partial charge on any atom is 0.191 e. The highest BCUT2D eigenvalue weighted by Crippen LogP contribution is 2.12. The molecule has 1 heterocycles. The number of hydrogen-bond acceptors (Lipinski definition) is 3. The van der Waals surface area contributed by atoms with Gasteiger partial charge in [0.2, 0.25) is 0 Å². The van der Waals surface area contributed by atoms with Crippen molar-refractivity contribution in [2.45, 2.75) is 53.6 Å². The number of guanidine groups is 1. The molecule has 0 saturated heterocycles. The first-order chi connectivity index (χ1) is 10.2. The molecule has 6 nitrogen and oxygen atoms in total. The Morgan fingerprint density at radius 1 is 1.17 bits per heavy atom. The van der Waals surface area contributed by atoms with E-state index in [1.165, 1.54) is 11.3 Å². The van der Waals surface area contributed by atoms with E-state index < -0.39 is 0 Å². The predicted molar refractivity (Wildman–Crippen MR) is 109 cm³/mol. The van der Waals surface area contributed by atoms with Gasteiger partial charge in [-0.2, -0.15) is 5.10 Å². The first-order valence-corrected chi connectivity index (χ1v) is 8.01. The molecule has 0 atom stereocenters. The topological polar surface area (TPSA) is 66.3 Å². The van der Waals surface area contributed by atoms with Gasteiger partial charge in [-0.05, 0) is 41.5 Å². The lowest BCUT2D eigenvalue weighted by molar-refractivity contribution is 0.428. The van der Waals surface area contributed by atoms with Crippen molar-refractivity contribution < 1.29 is 0 Å². The molecule has 0 amide bonds. The summed E-state index contributed by atoms with van der Waals surface area (Å²) in [4.78, 5) is 4.67. The second-order valence-electron chi connectivity index (χ2n) is 6.57. The fraction of sp³-hybridized carbons (Fsp3) is 0.750. The molecule has 0 fully saturated rings. The average Bonchev–Trinajstić information content (AvgIpc) is 2.65. The van der Waals surface area contributed by atoms with Crippen LogP contribution in [0, 0.1) is 13.8 Å². The summed E-state index contributed by atoms with van der Waals surface area (Å²) in [6, 6.07) is 0. The molecule has 0 aliphatic carbocycles. The first-order valence-electron chi connectivity index (χ1n) is 8.01. The van der Waals surface area contributed by atoms with Crippen molar-refractivity contribution in [3.63, 3.8) is 0 Å². The number of nitrogens with zero attached hydrogens (tertiary/aromatic N) is 3. The second-order valence-corrected chi connectivity index (χ2v) is 6.57. The van der Waals surface area contributed by atoms with Crippen molar-refractivity contribution in [3.05, 3.63) is 17.0 Å². The van der Waals surface area contributed by atoms with Gasteiger partial charge in [-0.3, -0.25) is 4.68 Å². The van der Waals surface area contributed by atoms with E-state index in [0.29, 0.717) is 6.54 Å². The van der Waals surface area contributed by atoms with Crippen molar-refractivity contribution in [1.82, 2.24) is 25.7 Å². The van der Waals surface area contributed by atoms with Crippen LogP contribution in [-0.2, 0) is 13.6 Å². The van der Waals surface area contributed by atoms with E-state index in [1.807, 2.05) is 18.7 Å². The van der Waals surface area contributed by atoms with Crippen LogP contribution in [0.3, 0.4) is 0 Å². The third-order valence-electron chi connectivity index (χ3n) is 3.47. The summed E-state index contributed by atoms with van der Waals surface area (Å²) >= 11 is 0. The van der Waals surface area contributed by atoms with Crippen molar-refractivity contribution >= 4 is 29.9 Å². The van der Waals surface area contributed by atoms with Gasteiger partial charge in [-0.15, -0.1) is 24.0 Å². The largest absolute Gasteiger partial charge is 0.357 e. The highest BCUT2D eigenvalue weighted by Gasteiger charge is 2.09. The number of aryl methyl sites for hydroxylation is 2. The Kier molecular flexibility index (Phi) is 9.76. The molecule has 0 unspecified atom stereocenters. The molecule has 7 heteroatoms. The highest BCUT2D eigenvalue weighted by atomic mass is 127. The Labute approximate surface area is 157 Å². The number of aromatic nitrogens is 2. The van der Waals surface area contributed by atoms with E-state index in [4.69, 9.17) is 0 Å². The number of rotatable bonds is 6. The highest BCUT2D eigenvalue weighted by molar-refractivity contribution is 14.0. The lowest BCUT2D eigenvalue weighted by Crippen LogP contribution is -2.44. The first kappa shape index (κ1) is 22.2. The minimum atomic E-state index is 0. The van der Waals surface area contributed by atoms with E-state index >= 15 is 0 Å². The van der Waals surface area contributed by atoms with Crippen molar-refractivity contribution in [3.8, 4) is 0 Å². The van der Waals surface area contributed by atoms with Crippen LogP contribution in [0.2, 0.25) is 0 Å². The smallest absolute Gasteiger partial charge is 0.191 e. The summed E-state index contributed by atoms with van der Waals surface area (Å²) < 4.78 is 1.91. The van der Waals surface area contributed by atoms with Crippen molar-refractivity contribution in [2.75, 3.05) is 19.6 Å². The summed E-state index contributed by atoms with van der Waals surface area (Å²) in [5.41, 5.74) is 3.56. The molecule has 0 spiro atoms. The molecule has 0 bridgehead atoms. The fourth-order valence-electron chi connectivity index (χ4n) is 2.16. The molecule has 0 aliphatic rings. The molecule has 1 aromatic rings. The zero-order chi connectivity index (χ0) is 16.8. The van der Waals surface area contributed by atoms with Gasteiger partial charge in [0.05, 0.1) is 12.2 Å². The quantitative estimate of drug-likeness (QED) is 0.277.